The Morgan fingerprint density at radius 2 is 1.80 bits per heavy atom. The van der Waals surface area contributed by atoms with Gasteiger partial charge in [0.15, 0.2) is 7.41 Å². The topological polar surface area (TPSA) is 17.1 Å². The fraction of sp³-hybridized carbons (Fsp3) is 0.364. The zero-order valence-corrected chi connectivity index (χ0v) is 10.5. The molecule has 0 unspecified atom stereocenters. The van der Waals surface area contributed by atoms with Crippen molar-refractivity contribution in [2.24, 2.45) is 0 Å². The Labute approximate surface area is 96.7 Å². The van der Waals surface area contributed by atoms with E-state index < -0.39 is 0 Å². The number of hydrogen-bond donors (Lipinski definition) is 0. The number of carbonyl (C=O) groups is 1. The molecule has 0 atom stereocenters. The van der Waals surface area contributed by atoms with Crippen molar-refractivity contribution in [3.05, 3.63) is 34.9 Å². The van der Waals surface area contributed by atoms with Gasteiger partial charge in [0.1, 0.15) is 5.78 Å². The van der Waals surface area contributed by atoms with E-state index in [9.17, 15) is 4.79 Å². The van der Waals surface area contributed by atoms with Gasteiger partial charge in [0, 0.05) is 31.7 Å². The van der Waals surface area contributed by atoms with Crippen LogP contribution >= 0.6 is 11.6 Å². The molecule has 0 bridgehead atoms. The lowest BCUT2D eigenvalue weighted by molar-refractivity contribution is -0.755. The first-order valence-corrected chi connectivity index (χ1v) is 5.69. The minimum Gasteiger partial charge on any atom is -0.527 e. The normalized spacial score (nSPS) is 11.5. The zero-order chi connectivity index (χ0) is 11.5. The Morgan fingerprint density at radius 1 is 1.27 bits per heavy atom. The highest BCUT2D eigenvalue weighted by atomic mass is 35.5. The maximum Gasteiger partial charge on any atom is 0.189 e. The lowest BCUT2D eigenvalue weighted by Crippen LogP contribution is -2.39. The molecule has 1 aromatic carbocycles. The first kappa shape index (κ1) is 12.3. The summed E-state index contributed by atoms with van der Waals surface area (Å²) < 4.78 is 0.930. The molecule has 1 aromatic rings. The van der Waals surface area contributed by atoms with E-state index in [1.165, 1.54) is 0 Å². The Kier molecular flexibility index (Phi) is 3.94. The van der Waals surface area contributed by atoms with Crippen LogP contribution in [-0.2, 0) is 0 Å². The predicted molar refractivity (Wildman–Crippen MR) is 67.2 cm³/mol. The second-order valence-electron chi connectivity index (χ2n) is 5.28. The minimum atomic E-state index is -0.272. The zero-order valence-electron chi connectivity index (χ0n) is 9.75. The summed E-state index contributed by atoms with van der Waals surface area (Å²) >= 11 is 5.76. The van der Waals surface area contributed by atoms with Crippen molar-refractivity contribution in [1.82, 2.24) is 0 Å². The monoisotopic (exact) mass is 225 g/mol. The Hall–Kier alpha value is -0.795. The van der Waals surface area contributed by atoms with Gasteiger partial charge < -0.3 is 4.39 Å². The fourth-order valence-corrected chi connectivity index (χ4v) is 1.58. The molecule has 1 rings (SSSR count). The van der Waals surface area contributed by atoms with E-state index in [1.807, 2.05) is 0 Å². The molecule has 0 N–H and O–H groups in total. The number of carbonyl (C=O) groups excluding carboxylic acids is 1. The first-order valence-electron chi connectivity index (χ1n) is 5.31. The van der Waals surface area contributed by atoms with E-state index in [-0.39, 0.29) is 13.2 Å². The summed E-state index contributed by atoms with van der Waals surface area (Å²) in [7, 11) is 6.13. The van der Waals surface area contributed by atoms with Gasteiger partial charge in [-0.05, 0) is 12.1 Å². The number of ketones is 1. The van der Waals surface area contributed by atoms with Crippen LogP contribution in [-0.4, -0.2) is 38.7 Å². The second-order valence-corrected chi connectivity index (χ2v) is 5.72. The third-order valence-corrected chi connectivity index (χ3v) is 2.85. The number of halogens is 1. The average Bonchev–Trinajstić information content (AvgIpc) is 2.14. The molecule has 0 radical (unpaired) electrons. The van der Waals surface area contributed by atoms with Crippen LogP contribution in [0.15, 0.2) is 24.3 Å². The summed E-state index contributed by atoms with van der Waals surface area (Å²) in [5.74, 6) is 0.236. The van der Waals surface area contributed by atoms with Crippen LogP contribution in [0.5, 0.6) is 0 Å². The van der Waals surface area contributed by atoms with Gasteiger partial charge in [0.05, 0.1) is 0 Å². The number of Topliss-reactive ketones (excluding diaryl/α,β-unsaturated/α-hetero) is 1. The van der Waals surface area contributed by atoms with Gasteiger partial charge in [-0.2, -0.15) is 0 Å². The highest BCUT2D eigenvalue weighted by molar-refractivity contribution is 6.36. The molecule has 0 aromatic heterocycles. The maximum atomic E-state index is 11.8. The molecule has 82 valence electrons. The SMILES string of the molecule is C[N+](C)(C)[BH2-]CC(=O)c1ccc(Cl)cc1. The third kappa shape index (κ3) is 4.49. The van der Waals surface area contributed by atoms with Crippen LogP contribution in [0.2, 0.25) is 11.3 Å². The third-order valence-electron chi connectivity index (χ3n) is 2.59. The van der Waals surface area contributed by atoms with Crippen LogP contribution in [0.1, 0.15) is 10.4 Å². The molecule has 0 aliphatic rings. The molecule has 2 nitrogen and oxygen atoms in total. The van der Waals surface area contributed by atoms with E-state index in [0.29, 0.717) is 11.3 Å². The summed E-state index contributed by atoms with van der Waals surface area (Å²) in [6.07, 6.45) is 0.700. The molecule has 0 heterocycles. The Morgan fingerprint density at radius 3 is 2.27 bits per heavy atom. The van der Waals surface area contributed by atoms with E-state index in [0.717, 1.165) is 9.96 Å². The molecular formula is C11H17BClNO. The van der Waals surface area contributed by atoms with Crippen molar-refractivity contribution in [2.75, 3.05) is 21.1 Å². The number of quaternary nitrogens is 1. The summed E-state index contributed by atoms with van der Waals surface area (Å²) in [6.45, 7) is 0. The quantitative estimate of drug-likeness (QED) is 0.563. The molecule has 15 heavy (non-hydrogen) atoms. The fourth-order valence-electron chi connectivity index (χ4n) is 1.46. The van der Waals surface area contributed by atoms with Gasteiger partial charge in [-0.15, -0.1) is 0 Å². The van der Waals surface area contributed by atoms with Crippen LogP contribution in [0.25, 0.3) is 0 Å². The molecule has 0 saturated carbocycles. The molecule has 0 aliphatic heterocycles. The predicted octanol–water partition coefficient (Wildman–Crippen LogP) is 1.73. The first-order chi connectivity index (χ1) is 6.88. The van der Waals surface area contributed by atoms with Crippen molar-refractivity contribution in [3.63, 3.8) is 0 Å². The summed E-state index contributed by atoms with van der Waals surface area (Å²) in [5.41, 5.74) is 0.775. The molecule has 4 heteroatoms. The van der Waals surface area contributed by atoms with Crippen molar-refractivity contribution < 1.29 is 9.19 Å². The highest BCUT2D eigenvalue weighted by Crippen LogP contribution is 2.11. The lowest BCUT2D eigenvalue weighted by atomic mass is 9.80. The molecule has 0 saturated heterocycles. The summed E-state index contributed by atoms with van der Waals surface area (Å²) in [6, 6.07) is 7.13. The number of nitrogens with zero attached hydrogens (tertiary/aromatic N) is 1. The Bertz CT molecular complexity index is 343. The van der Waals surface area contributed by atoms with E-state index in [1.54, 1.807) is 24.3 Å². The number of benzene rings is 1. The van der Waals surface area contributed by atoms with Crippen molar-refractivity contribution in [1.29, 1.82) is 0 Å². The smallest absolute Gasteiger partial charge is 0.189 e. The van der Waals surface area contributed by atoms with Gasteiger partial charge in [-0.3, -0.25) is 4.79 Å². The van der Waals surface area contributed by atoms with E-state index in [4.69, 9.17) is 11.6 Å². The lowest BCUT2D eigenvalue weighted by Gasteiger charge is -2.33. The molecular weight excluding hydrogens is 208 g/mol. The molecule has 0 spiro atoms. The van der Waals surface area contributed by atoms with Crippen LogP contribution in [0.3, 0.4) is 0 Å². The van der Waals surface area contributed by atoms with Gasteiger partial charge in [-0.1, -0.05) is 30.1 Å². The summed E-state index contributed by atoms with van der Waals surface area (Å²) in [4.78, 5) is 11.8. The van der Waals surface area contributed by atoms with Crippen molar-refractivity contribution >= 4 is 24.8 Å². The average molecular weight is 226 g/mol. The molecule has 0 aliphatic carbocycles. The van der Waals surface area contributed by atoms with Crippen molar-refractivity contribution in [2.45, 2.75) is 6.32 Å². The minimum absolute atomic E-state index is 0.236. The second kappa shape index (κ2) is 4.82. The van der Waals surface area contributed by atoms with Crippen molar-refractivity contribution in [3.8, 4) is 0 Å². The largest absolute Gasteiger partial charge is 0.527 e. The molecule has 0 fully saturated rings. The van der Waals surface area contributed by atoms with E-state index in [2.05, 4.69) is 21.1 Å². The van der Waals surface area contributed by atoms with Crippen LogP contribution in [0.4, 0.5) is 0 Å². The summed E-state index contributed by atoms with van der Waals surface area (Å²) in [5, 5.41) is 0.675. The van der Waals surface area contributed by atoms with Crippen LogP contribution < -0.4 is 0 Å². The maximum absolute atomic E-state index is 11.8. The standard InChI is InChI=1S/C11H17BClNO/c1-14(2,3)12-8-11(15)9-4-6-10(13)7-5-9/h4-7H,8,12H2,1-3H3. The number of hydrogen-bond acceptors (Lipinski definition) is 1. The number of rotatable bonds is 4. The van der Waals surface area contributed by atoms with Gasteiger partial charge in [-0.25, -0.2) is 0 Å². The van der Waals surface area contributed by atoms with Gasteiger partial charge >= 0.3 is 0 Å². The van der Waals surface area contributed by atoms with Crippen LogP contribution in [0, 0.1) is 0 Å². The Balaban J connectivity index is 2.58. The molecule has 0 amide bonds. The van der Waals surface area contributed by atoms with Gasteiger partial charge in [0.2, 0.25) is 0 Å². The highest BCUT2D eigenvalue weighted by Gasteiger charge is 2.08. The van der Waals surface area contributed by atoms with E-state index >= 15 is 0 Å². The van der Waals surface area contributed by atoms with Gasteiger partial charge in [0.25, 0.3) is 0 Å².